The van der Waals surface area contributed by atoms with Crippen molar-refractivity contribution in [3.8, 4) is 28.0 Å². The van der Waals surface area contributed by atoms with Crippen molar-refractivity contribution in [3.63, 3.8) is 0 Å². The van der Waals surface area contributed by atoms with Gasteiger partial charge in [0.1, 0.15) is 36.2 Å². The Balaban J connectivity index is 0.812. The Hall–Kier alpha value is -9.31. The molecule has 15 nitrogen and oxygen atoms in total. The lowest BCUT2D eigenvalue weighted by atomic mass is 10.0. The molecule has 0 unspecified atom stereocenters. The Morgan fingerprint density at radius 2 is 1.11 bits per heavy atom. The van der Waals surface area contributed by atoms with Crippen LogP contribution >= 0.6 is 0 Å². The number of carbonyl (C=O) groups is 3. The van der Waals surface area contributed by atoms with Gasteiger partial charge in [-0.1, -0.05) is 97.9 Å². The third-order valence-electron chi connectivity index (χ3n) is 13.1. The molecule has 80 heavy (non-hydrogen) atoms. The Labute approximate surface area is 467 Å². The largest absolute Gasteiger partial charge is 0.488 e. The predicted octanol–water partition coefficient (Wildman–Crippen LogP) is 12.4. The van der Waals surface area contributed by atoms with Crippen molar-refractivity contribution in [2.75, 3.05) is 36.0 Å². The molecule has 15 heteroatoms. The number of hydrogen-bond donors (Lipinski definition) is 5. The summed E-state index contributed by atoms with van der Waals surface area (Å²) in [5, 5.41) is 9.24. The number of fused-ring (bicyclic) bond motifs is 2. The summed E-state index contributed by atoms with van der Waals surface area (Å²) in [4.78, 5) is 63.3. The molecule has 0 saturated carbocycles. The molecule has 8 N–H and O–H groups in total. The van der Waals surface area contributed by atoms with Crippen LogP contribution in [0, 0.1) is 0 Å². The standard InChI is InChI=1S/C65H67N9O6/c1-5-32-73(63(76)52-34-50-21-19-48(37-58(50)71-60(67)39-52)45-23-29-57(30-24-45)80-65(2,3)4)78-42-44-17-27-55(28-18-44)69-31-10-33-74(79-41-43-15-25-54(66)26-16-43)64(77)53-35-51-22-20-49(38-59(51)72-61(68)40-53)47-13-9-14-56(36-47)70-62(75)46-11-7-6-8-12-46/h6-9,11-30,34-38,69H,5,10,31-33,39-42,66H2,1-4H3,(H2,67,71)(H2,68,72)(H,70,75). The first kappa shape index (κ1) is 55.4. The molecule has 3 amide bonds. The molecule has 408 valence electrons. The number of carbonyl (C=O) groups excluding carboxylic acids is 3. The number of rotatable bonds is 20. The van der Waals surface area contributed by atoms with Crippen molar-refractivity contribution in [2.24, 2.45) is 21.5 Å². The van der Waals surface area contributed by atoms with Gasteiger partial charge in [-0.2, -0.15) is 0 Å². The van der Waals surface area contributed by atoms with Gasteiger partial charge in [0.25, 0.3) is 17.7 Å². The molecule has 2 aliphatic rings. The van der Waals surface area contributed by atoms with Gasteiger partial charge in [-0.3, -0.25) is 24.1 Å². The van der Waals surface area contributed by atoms with E-state index in [1.54, 1.807) is 24.3 Å². The number of benzene rings is 7. The molecule has 9 rings (SSSR count). The van der Waals surface area contributed by atoms with Crippen LogP contribution in [0.4, 0.5) is 28.4 Å². The molecule has 0 saturated heterocycles. The van der Waals surface area contributed by atoms with E-state index in [-0.39, 0.29) is 61.8 Å². The number of nitrogens with zero attached hydrogens (tertiary/aromatic N) is 4. The number of aliphatic imine (C=N–C) groups is 2. The SMILES string of the molecule is CCCN(OCc1ccc(NCCCN(OCc2ccc(N)cc2)C(=O)C2=Cc3ccc(-c4cccc(NC(=O)c5ccccc5)c4)cc3N=C(N)C2)cc1)C(=O)C1=Cc2ccc(-c3ccc(OC(C)(C)C)cc3)cc2N=C(N)C1. The molecule has 0 spiro atoms. The highest BCUT2D eigenvalue weighted by Crippen LogP contribution is 2.35. The first-order valence-electron chi connectivity index (χ1n) is 26.8. The van der Waals surface area contributed by atoms with Crippen LogP contribution in [0.1, 0.15) is 86.0 Å². The van der Waals surface area contributed by atoms with Crippen LogP contribution in [0.3, 0.4) is 0 Å². The van der Waals surface area contributed by atoms with Crippen LogP contribution in [-0.4, -0.2) is 64.8 Å². The first-order valence-corrected chi connectivity index (χ1v) is 26.8. The minimum absolute atomic E-state index is 0.118. The van der Waals surface area contributed by atoms with E-state index in [0.717, 1.165) is 55.9 Å². The second kappa shape index (κ2) is 25.4. The van der Waals surface area contributed by atoms with Gasteiger partial charge in [-0.05, 0) is 152 Å². The maximum Gasteiger partial charge on any atom is 0.273 e. The van der Waals surface area contributed by atoms with Crippen LogP contribution < -0.4 is 32.6 Å². The molecule has 2 heterocycles. The van der Waals surface area contributed by atoms with Crippen LogP contribution in [0.15, 0.2) is 185 Å². The van der Waals surface area contributed by atoms with E-state index < -0.39 is 0 Å². The van der Waals surface area contributed by atoms with Crippen LogP contribution in [-0.2, 0) is 32.5 Å². The number of anilines is 3. The van der Waals surface area contributed by atoms with Crippen molar-refractivity contribution < 1.29 is 28.8 Å². The number of ether oxygens (including phenoxy) is 1. The van der Waals surface area contributed by atoms with Crippen molar-refractivity contribution in [2.45, 2.75) is 72.2 Å². The summed E-state index contributed by atoms with van der Waals surface area (Å²) >= 11 is 0. The molecule has 0 aliphatic carbocycles. The van der Waals surface area contributed by atoms with Gasteiger partial charge >= 0.3 is 0 Å². The highest BCUT2D eigenvalue weighted by atomic mass is 16.7. The summed E-state index contributed by atoms with van der Waals surface area (Å²) in [6, 6.07) is 51.5. The fourth-order valence-corrected chi connectivity index (χ4v) is 9.12. The van der Waals surface area contributed by atoms with E-state index in [2.05, 4.69) is 10.6 Å². The molecular formula is C65H67N9O6. The van der Waals surface area contributed by atoms with Crippen LogP contribution in [0.2, 0.25) is 0 Å². The quantitative estimate of drug-likeness (QED) is 0.0277. The highest BCUT2D eigenvalue weighted by Gasteiger charge is 2.25. The van der Waals surface area contributed by atoms with Gasteiger partial charge in [-0.25, -0.2) is 20.1 Å². The molecule has 0 bridgehead atoms. The molecule has 0 fully saturated rings. The Kier molecular flexibility index (Phi) is 17.6. The molecule has 7 aromatic rings. The minimum Gasteiger partial charge on any atom is -0.488 e. The lowest BCUT2D eigenvalue weighted by Gasteiger charge is -2.23. The third-order valence-corrected chi connectivity index (χ3v) is 13.1. The van der Waals surface area contributed by atoms with E-state index in [1.807, 2.05) is 179 Å². The molecular weight excluding hydrogens is 1000 g/mol. The summed E-state index contributed by atoms with van der Waals surface area (Å²) in [6.45, 7) is 9.55. The maximum atomic E-state index is 14.4. The minimum atomic E-state index is -0.326. The average molecular weight is 1070 g/mol. The van der Waals surface area contributed by atoms with Crippen molar-refractivity contribution in [1.29, 1.82) is 0 Å². The Morgan fingerprint density at radius 1 is 0.575 bits per heavy atom. The van der Waals surface area contributed by atoms with Gasteiger partial charge in [-0.15, -0.1) is 0 Å². The molecule has 0 radical (unpaired) electrons. The smallest absolute Gasteiger partial charge is 0.273 e. The van der Waals surface area contributed by atoms with E-state index in [1.165, 1.54) is 10.1 Å². The van der Waals surface area contributed by atoms with Gasteiger partial charge in [0.05, 0.1) is 17.9 Å². The monoisotopic (exact) mass is 1070 g/mol. The number of hydrogen-bond acceptors (Lipinski definition) is 12. The number of hydroxylamine groups is 4. The first-order chi connectivity index (χ1) is 38.6. The molecule has 7 aromatic carbocycles. The zero-order valence-corrected chi connectivity index (χ0v) is 45.6. The fraction of sp³-hybridized carbons (Fsp3) is 0.215. The fourth-order valence-electron chi connectivity index (χ4n) is 9.12. The second-order valence-corrected chi connectivity index (χ2v) is 20.7. The average Bonchev–Trinajstić information content (AvgIpc) is 3.74. The lowest BCUT2D eigenvalue weighted by molar-refractivity contribution is -0.187. The molecule has 0 aromatic heterocycles. The van der Waals surface area contributed by atoms with Crippen molar-refractivity contribution in [3.05, 3.63) is 203 Å². The third kappa shape index (κ3) is 14.8. The topological polar surface area (TPSA) is 212 Å². The molecule has 2 aliphatic heterocycles. The number of amidine groups is 2. The second-order valence-electron chi connectivity index (χ2n) is 20.7. The number of nitrogen functional groups attached to an aromatic ring is 1. The van der Waals surface area contributed by atoms with Gasteiger partial charge in [0, 0.05) is 70.8 Å². The summed E-state index contributed by atoms with van der Waals surface area (Å²) in [6.07, 6.45) is 5.21. The van der Waals surface area contributed by atoms with Crippen LogP contribution in [0.25, 0.3) is 34.4 Å². The normalized spacial score (nSPS) is 12.9. The highest BCUT2D eigenvalue weighted by molar-refractivity contribution is 6.07. The summed E-state index contributed by atoms with van der Waals surface area (Å²) < 4.78 is 6.00. The predicted molar refractivity (Wildman–Crippen MR) is 320 cm³/mol. The lowest BCUT2D eigenvalue weighted by Crippen LogP contribution is -2.35. The van der Waals surface area contributed by atoms with E-state index >= 15 is 0 Å². The van der Waals surface area contributed by atoms with E-state index in [0.29, 0.717) is 71.2 Å². The van der Waals surface area contributed by atoms with E-state index in [9.17, 15) is 14.4 Å². The van der Waals surface area contributed by atoms with Gasteiger partial charge in [0.2, 0.25) is 0 Å². The Bertz CT molecular complexity index is 3480. The van der Waals surface area contributed by atoms with Crippen LogP contribution in [0.5, 0.6) is 5.75 Å². The Morgan fingerprint density at radius 3 is 1.69 bits per heavy atom. The summed E-state index contributed by atoms with van der Waals surface area (Å²) in [5.41, 5.74) is 30.5. The van der Waals surface area contributed by atoms with Gasteiger partial charge in [0.15, 0.2) is 0 Å². The summed E-state index contributed by atoms with van der Waals surface area (Å²) in [5.74, 6) is 0.623. The maximum absolute atomic E-state index is 14.4. The zero-order chi connectivity index (χ0) is 56.2. The van der Waals surface area contributed by atoms with Crippen molar-refractivity contribution >= 4 is 70.0 Å². The number of nitrogens with one attached hydrogen (secondary N) is 2. The van der Waals surface area contributed by atoms with Crippen molar-refractivity contribution in [1.82, 2.24) is 10.1 Å². The number of amides is 3. The van der Waals surface area contributed by atoms with E-state index in [4.69, 9.17) is 41.6 Å². The van der Waals surface area contributed by atoms with Gasteiger partial charge < -0.3 is 32.6 Å². The number of nitrogens with two attached hydrogens (primary N) is 3. The zero-order valence-electron chi connectivity index (χ0n) is 45.6. The summed E-state index contributed by atoms with van der Waals surface area (Å²) in [7, 11) is 0. The molecule has 0 atom stereocenters.